The van der Waals surface area contributed by atoms with E-state index in [0.717, 1.165) is 32.5 Å². The average molecular weight is 186 g/mol. The summed E-state index contributed by atoms with van der Waals surface area (Å²) in [6.45, 7) is 8.73. The largest absolute Gasteiger partial charge is 0.355 e. The van der Waals surface area contributed by atoms with Crippen LogP contribution in [0.25, 0.3) is 0 Å². The van der Waals surface area contributed by atoms with Crippen LogP contribution in [0.2, 0.25) is 0 Å². The maximum Gasteiger partial charge on any atom is 0.223 e. The van der Waals surface area contributed by atoms with Crippen LogP contribution in [0, 0.1) is 5.92 Å². The monoisotopic (exact) mass is 186 g/mol. The molecule has 3 heteroatoms. The van der Waals surface area contributed by atoms with Gasteiger partial charge in [0.2, 0.25) is 5.91 Å². The normalized spacial score (nSPS) is 10.5. The van der Waals surface area contributed by atoms with Crippen molar-refractivity contribution in [2.75, 3.05) is 19.6 Å². The van der Waals surface area contributed by atoms with Crippen LogP contribution in [0.4, 0.5) is 0 Å². The van der Waals surface area contributed by atoms with Gasteiger partial charge in [0, 0.05) is 19.0 Å². The zero-order valence-electron chi connectivity index (χ0n) is 9.02. The molecule has 0 saturated heterocycles. The Labute approximate surface area is 81.3 Å². The Kier molecular flexibility index (Phi) is 7.69. The van der Waals surface area contributed by atoms with E-state index in [0.29, 0.717) is 0 Å². The molecule has 0 radical (unpaired) electrons. The van der Waals surface area contributed by atoms with Crippen LogP contribution in [0.15, 0.2) is 0 Å². The Bertz CT molecular complexity index is 133. The molecule has 78 valence electrons. The lowest BCUT2D eigenvalue weighted by Gasteiger charge is -2.12. The van der Waals surface area contributed by atoms with Gasteiger partial charge in [-0.2, -0.15) is 0 Å². The minimum Gasteiger partial charge on any atom is -0.355 e. The molecule has 0 rings (SSSR count). The second-order valence-electron chi connectivity index (χ2n) is 3.16. The van der Waals surface area contributed by atoms with E-state index in [-0.39, 0.29) is 11.8 Å². The number of hydrogen-bond acceptors (Lipinski definition) is 2. The highest BCUT2D eigenvalue weighted by molar-refractivity contribution is 5.78. The van der Waals surface area contributed by atoms with E-state index in [2.05, 4.69) is 31.4 Å². The Morgan fingerprint density at radius 2 is 1.77 bits per heavy atom. The summed E-state index contributed by atoms with van der Waals surface area (Å²) in [5.74, 6) is 0.393. The number of carbonyl (C=O) groups excluding carboxylic acids is 1. The molecule has 0 aliphatic carbocycles. The Morgan fingerprint density at radius 1 is 1.15 bits per heavy atom. The smallest absolute Gasteiger partial charge is 0.223 e. The van der Waals surface area contributed by atoms with Gasteiger partial charge in [-0.05, 0) is 19.4 Å². The summed E-state index contributed by atoms with van der Waals surface area (Å²) in [7, 11) is 0. The van der Waals surface area contributed by atoms with Crippen LogP contribution in [-0.2, 0) is 4.79 Å². The molecular formula is C10H22N2O. The minimum atomic E-state index is 0.196. The van der Waals surface area contributed by atoms with Gasteiger partial charge < -0.3 is 10.6 Å². The number of likely N-dealkylation sites (N-methyl/N-ethyl adjacent to an activating group) is 1. The molecule has 0 saturated carbocycles. The average Bonchev–Trinajstić information content (AvgIpc) is 2.14. The van der Waals surface area contributed by atoms with Crippen LogP contribution < -0.4 is 10.6 Å². The van der Waals surface area contributed by atoms with E-state index < -0.39 is 0 Å². The molecule has 0 heterocycles. The van der Waals surface area contributed by atoms with Gasteiger partial charge >= 0.3 is 0 Å². The quantitative estimate of drug-likeness (QED) is 0.586. The molecule has 0 fully saturated rings. The molecule has 0 aromatic rings. The molecule has 0 unspecified atom stereocenters. The van der Waals surface area contributed by atoms with Crippen LogP contribution in [-0.4, -0.2) is 25.5 Å². The molecule has 1 amide bonds. The summed E-state index contributed by atoms with van der Waals surface area (Å²) in [5.41, 5.74) is 0. The molecule has 0 spiro atoms. The summed E-state index contributed by atoms with van der Waals surface area (Å²) in [6.07, 6.45) is 1.87. The Balaban J connectivity index is 3.48. The topological polar surface area (TPSA) is 41.1 Å². The van der Waals surface area contributed by atoms with Gasteiger partial charge in [-0.15, -0.1) is 0 Å². The lowest BCUT2D eigenvalue weighted by molar-refractivity contribution is -0.125. The van der Waals surface area contributed by atoms with E-state index in [1.807, 2.05) is 0 Å². The van der Waals surface area contributed by atoms with Crippen LogP contribution in [0.5, 0.6) is 0 Å². The van der Waals surface area contributed by atoms with Gasteiger partial charge in [-0.25, -0.2) is 0 Å². The van der Waals surface area contributed by atoms with Crippen molar-refractivity contribution in [1.29, 1.82) is 0 Å². The van der Waals surface area contributed by atoms with E-state index in [4.69, 9.17) is 0 Å². The van der Waals surface area contributed by atoms with E-state index in [1.165, 1.54) is 0 Å². The van der Waals surface area contributed by atoms with Gasteiger partial charge in [-0.1, -0.05) is 20.8 Å². The third kappa shape index (κ3) is 5.64. The highest BCUT2D eigenvalue weighted by Crippen LogP contribution is 2.06. The maximum absolute atomic E-state index is 11.4. The third-order valence-corrected chi connectivity index (χ3v) is 2.21. The molecule has 0 aromatic carbocycles. The maximum atomic E-state index is 11.4. The fraction of sp³-hybridized carbons (Fsp3) is 0.900. The summed E-state index contributed by atoms with van der Waals surface area (Å²) >= 11 is 0. The van der Waals surface area contributed by atoms with E-state index in [9.17, 15) is 4.79 Å². The number of carbonyl (C=O) groups is 1. The molecule has 0 aliphatic rings. The summed E-state index contributed by atoms with van der Waals surface area (Å²) in [4.78, 5) is 11.4. The standard InChI is InChI=1S/C10H22N2O/c1-4-9(5-2)10(13)12-8-7-11-6-3/h9,11H,4-8H2,1-3H3,(H,12,13). The Morgan fingerprint density at radius 3 is 2.23 bits per heavy atom. The van der Waals surface area contributed by atoms with Crippen molar-refractivity contribution < 1.29 is 4.79 Å². The van der Waals surface area contributed by atoms with E-state index in [1.54, 1.807) is 0 Å². The second kappa shape index (κ2) is 8.05. The van der Waals surface area contributed by atoms with Crippen molar-refractivity contribution in [3.8, 4) is 0 Å². The lowest BCUT2D eigenvalue weighted by Crippen LogP contribution is -2.35. The molecule has 2 N–H and O–H groups in total. The summed E-state index contributed by atoms with van der Waals surface area (Å²) in [6, 6.07) is 0. The number of nitrogens with one attached hydrogen (secondary N) is 2. The number of hydrogen-bond donors (Lipinski definition) is 2. The van der Waals surface area contributed by atoms with Crippen LogP contribution in [0.1, 0.15) is 33.6 Å². The Hall–Kier alpha value is -0.570. The van der Waals surface area contributed by atoms with Crippen molar-refractivity contribution in [2.24, 2.45) is 5.92 Å². The van der Waals surface area contributed by atoms with Crippen molar-refractivity contribution in [2.45, 2.75) is 33.6 Å². The molecule has 0 aromatic heterocycles. The first-order chi connectivity index (χ1) is 6.26. The zero-order valence-corrected chi connectivity index (χ0v) is 9.02. The molecule has 3 nitrogen and oxygen atoms in total. The highest BCUT2D eigenvalue weighted by atomic mass is 16.1. The van der Waals surface area contributed by atoms with Crippen molar-refractivity contribution in [1.82, 2.24) is 10.6 Å². The highest BCUT2D eigenvalue weighted by Gasteiger charge is 2.12. The lowest BCUT2D eigenvalue weighted by atomic mass is 10.0. The molecule has 0 bridgehead atoms. The third-order valence-electron chi connectivity index (χ3n) is 2.21. The zero-order chi connectivity index (χ0) is 10.1. The van der Waals surface area contributed by atoms with E-state index >= 15 is 0 Å². The molecule has 13 heavy (non-hydrogen) atoms. The minimum absolute atomic E-state index is 0.196. The first kappa shape index (κ1) is 12.4. The first-order valence-corrected chi connectivity index (χ1v) is 5.24. The molecule has 0 atom stereocenters. The van der Waals surface area contributed by atoms with Crippen LogP contribution in [0.3, 0.4) is 0 Å². The summed E-state index contributed by atoms with van der Waals surface area (Å²) in [5, 5.41) is 6.08. The molecule has 0 aliphatic heterocycles. The van der Waals surface area contributed by atoms with Gasteiger partial charge in [0.05, 0.1) is 0 Å². The van der Waals surface area contributed by atoms with Gasteiger partial charge in [-0.3, -0.25) is 4.79 Å². The summed E-state index contributed by atoms with van der Waals surface area (Å²) < 4.78 is 0. The van der Waals surface area contributed by atoms with Crippen molar-refractivity contribution >= 4 is 5.91 Å². The second-order valence-corrected chi connectivity index (χ2v) is 3.16. The number of amides is 1. The van der Waals surface area contributed by atoms with Gasteiger partial charge in [0.25, 0.3) is 0 Å². The number of rotatable bonds is 7. The van der Waals surface area contributed by atoms with Gasteiger partial charge in [0.1, 0.15) is 0 Å². The fourth-order valence-electron chi connectivity index (χ4n) is 1.25. The van der Waals surface area contributed by atoms with Crippen LogP contribution >= 0.6 is 0 Å². The first-order valence-electron chi connectivity index (χ1n) is 5.24. The van der Waals surface area contributed by atoms with Gasteiger partial charge in [0.15, 0.2) is 0 Å². The molecular weight excluding hydrogens is 164 g/mol. The predicted molar refractivity (Wildman–Crippen MR) is 55.6 cm³/mol. The fourth-order valence-corrected chi connectivity index (χ4v) is 1.25. The van der Waals surface area contributed by atoms with Crippen molar-refractivity contribution in [3.05, 3.63) is 0 Å². The van der Waals surface area contributed by atoms with Crippen molar-refractivity contribution in [3.63, 3.8) is 0 Å². The predicted octanol–water partition coefficient (Wildman–Crippen LogP) is 1.15. The SMILES string of the molecule is CCNCCNC(=O)C(CC)CC.